The van der Waals surface area contributed by atoms with Gasteiger partial charge in [0.2, 0.25) is 0 Å². The first-order valence-electron chi connectivity index (χ1n) is 5.19. The summed E-state index contributed by atoms with van der Waals surface area (Å²) < 4.78 is 0. The predicted octanol–water partition coefficient (Wildman–Crippen LogP) is 1.28. The zero-order chi connectivity index (χ0) is 8.60. The largest absolute Gasteiger partial charge is 0.390 e. The summed E-state index contributed by atoms with van der Waals surface area (Å²) in [6.45, 7) is 0.639. The Bertz CT molecular complexity index is 171. The lowest BCUT2D eigenvalue weighted by atomic mass is 9.55. The first kappa shape index (κ1) is 8.52. The van der Waals surface area contributed by atoms with Crippen molar-refractivity contribution in [3.8, 4) is 0 Å². The molecule has 0 heterocycles. The molecule has 0 spiro atoms. The lowest BCUT2D eigenvalue weighted by Gasteiger charge is -2.54. The highest BCUT2D eigenvalue weighted by Gasteiger charge is 2.51. The Morgan fingerprint density at radius 1 is 1.33 bits per heavy atom. The van der Waals surface area contributed by atoms with Gasteiger partial charge in [-0.1, -0.05) is 12.8 Å². The summed E-state index contributed by atoms with van der Waals surface area (Å²) in [5.41, 5.74) is 5.12. The molecule has 2 nitrogen and oxygen atoms in total. The van der Waals surface area contributed by atoms with Gasteiger partial charge in [0, 0.05) is 0 Å². The van der Waals surface area contributed by atoms with E-state index in [4.69, 9.17) is 5.73 Å². The lowest BCUT2D eigenvalue weighted by Crippen LogP contribution is -2.55. The normalized spacial score (nSPS) is 46.5. The van der Waals surface area contributed by atoms with Crippen LogP contribution in [0, 0.1) is 11.8 Å². The smallest absolute Gasteiger partial charge is 0.0693 e. The Kier molecular flexibility index (Phi) is 2.13. The fraction of sp³-hybridized carbons (Fsp3) is 1.00. The molecule has 3 atom stereocenters. The van der Waals surface area contributed by atoms with Gasteiger partial charge in [0.1, 0.15) is 0 Å². The van der Waals surface area contributed by atoms with Crippen LogP contribution in [0.25, 0.3) is 0 Å². The maximum atomic E-state index is 10.1. The van der Waals surface area contributed by atoms with Crippen molar-refractivity contribution in [3.63, 3.8) is 0 Å². The molecule has 0 aliphatic heterocycles. The molecule has 3 unspecified atom stereocenters. The van der Waals surface area contributed by atoms with E-state index in [2.05, 4.69) is 0 Å². The first-order chi connectivity index (χ1) is 5.76. The van der Waals surface area contributed by atoms with Crippen LogP contribution < -0.4 is 5.73 Å². The molecule has 0 amide bonds. The van der Waals surface area contributed by atoms with Gasteiger partial charge in [0.05, 0.1) is 5.60 Å². The van der Waals surface area contributed by atoms with Crippen LogP contribution in [0.1, 0.15) is 38.5 Å². The van der Waals surface area contributed by atoms with Gasteiger partial charge in [-0.25, -0.2) is 0 Å². The zero-order valence-corrected chi connectivity index (χ0v) is 7.63. The SMILES string of the molecule is NCCC1(O)CC2CCCCC21. The van der Waals surface area contributed by atoms with Gasteiger partial charge in [0.15, 0.2) is 0 Å². The van der Waals surface area contributed by atoms with Crippen molar-refractivity contribution in [3.05, 3.63) is 0 Å². The average Bonchev–Trinajstić information content (AvgIpc) is 2.04. The molecular formula is C10H19NO. The molecule has 2 aliphatic rings. The molecule has 3 N–H and O–H groups in total. The van der Waals surface area contributed by atoms with Gasteiger partial charge < -0.3 is 10.8 Å². The van der Waals surface area contributed by atoms with Crippen molar-refractivity contribution in [2.75, 3.05) is 6.54 Å². The molecule has 2 aliphatic carbocycles. The van der Waals surface area contributed by atoms with E-state index >= 15 is 0 Å². The molecule has 0 aromatic rings. The molecule has 2 rings (SSSR count). The highest BCUT2D eigenvalue weighted by molar-refractivity contribution is 5.03. The van der Waals surface area contributed by atoms with E-state index < -0.39 is 0 Å². The highest BCUT2D eigenvalue weighted by atomic mass is 16.3. The third-order valence-corrected chi connectivity index (χ3v) is 3.79. The number of nitrogens with two attached hydrogens (primary N) is 1. The second-order valence-electron chi connectivity index (χ2n) is 4.50. The Hall–Kier alpha value is -0.0800. The Morgan fingerprint density at radius 2 is 2.08 bits per heavy atom. The second-order valence-corrected chi connectivity index (χ2v) is 4.50. The van der Waals surface area contributed by atoms with Crippen LogP contribution in [-0.2, 0) is 0 Å². The topological polar surface area (TPSA) is 46.2 Å². The molecule has 0 aromatic carbocycles. The van der Waals surface area contributed by atoms with E-state index in [0.717, 1.165) is 18.8 Å². The number of rotatable bonds is 2. The summed E-state index contributed by atoms with van der Waals surface area (Å²) in [7, 11) is 0. The number of hydrogen-bond donors (Lipinski definition) is 2. The van der Waals surface area contributed by atoms with Crippen molar-refractivity contribution in [1.29, 1.82) is 0 Å². The average molecular weight is 169 g/mol. The summed E-state index contributed by atoms with van der Waals surface area (Å²) in [6.07, 6.45) is 7.11. The third-order valence-electron chi connectivity index (χ3n) is 3.79. The van der Waals surface area contributed by atoms with Gasteiger partial charge >= 0.3 is 0 Å². The Morgan fingerprint density at radius 3 is 2.75 bits per heavy atom. The lowest BCUT2D eigenvalue weighted by molar-refractivity contribution is -0.156. The van der Waals surface area contributed by atoms with Crippen molar-refractivity contribution >= 4 is 0 Å². The van der Waals surface area contributed by atoms with Crippen LogP contribution in [0.15, 0.2) is 0 Å². The highest BCUT2D eigenvalue weighted by Crippen LogP contribution is 2.53. The second kappa shape index (κ2) is 3.00. The van der Waals surface area contributed by atoms with Gasteiger partial charge in [-0.05, 0) is 44.1 Å². The molecule has 70 valence electrons. The van der Waals surface area contributed by atoms with E-state index in [9.17, 15) is 5.11 Å². The van der Waals surface area contributed by atoms with Crippen LogP contribution in [0.3, 0.4) is 0 Å². The quantitative estimate of drug-likeness (QED) is 0.654. The van der Waals surface area contributed by atoms with Crippen molar-refractivity contribution < 1.29 is 5.11 Å². The van der Waals surface area contributed by atoms with E-state index in [1.165, 1.54) is 25.7 Å². The molecule has 2 fully saturated rings. The first-order valence-corrected chi connectivity index (χ1v) is 5.19. The van der Waals surface area contributed by atoms with E-state index in [1.54, 1.807) is 0 Å². The minimum atomic E-state index is -0.361. The van der Waals surface area contributed by atoms with E-state index in [-0.39, 0.29) is 5.60 Å². The van der Waals surface area contributed by atoms with Crippen LogP contribution in [-0.4, -0.2) is 17.3 Å². The van der Waals surface area contributed by atoms with Crippen LogP contribution in [0.5, 0.6) is 0 Å². The third kappa shape index (κ3) is 1.17. The van der Waals surface area contributed by atoms with Gasteiger partial charge in [0.25, 0.3) is 0 Å². The van der Waals surface area contributed by atoms with Crippen LogP contribution in [0.4, 0.5) is 0 Å². The zero-order valence-electron chi connectivity index (χ0n) is 7.63. The summed E-state index contributed by atoms with van der Waals surface area (Å²) in [4.78, 5) is 0. The Labute approximate surface area is 74.1 Å². The maximum absolute atomic E-state index is 10.1. The molecule has 0 aromatic heterocycles. The van der Waals surface area contributed by atoms with Gasteiger partial charge in [-0.2, -0.15) is 0 Å². The van der Waals surface area contributed by atoms with Crippen molar-refractivity contribution in [2.24, 2.45) is 17.6 Å². The van der Waals surface area contributed by atoms with Gasteiger partial charge in [-0.15, -0.1) is 0 Å². The van der Waals surface area contributed by atoms with E-state index in [0.29, 0.717) is 12.5 Å². The Balaban J connectivity index is 1.95. The summed E-state index contributed by atoms with van der Waals surface area (Å²) in [5, 5.41) is 10.1. The minimum absolute atomic E-state index is 0.361. The standard InChI is InChI=1S/C10H19NO/c11-6-5-10(12)7-8-3-1-2-4-9(8)10/h8-9,12H,1-7,11H2. The van der Waals surface area contributed by atoms with Crippen LogP contribution >= 0.6 is 0 Å². The molecule has 2 heteroatoms. The predicted molar refractivity (Wildman–Crippen MR) is 48.7 cm³/mol. The number of fused-ring (bicyclic) bond motifs is 1. The summed E-state index contributed by atoms with van der Waals surface area (Å²) in [6, 6.07) is 0. The molecule has 0 radical (unpaired) electrons. The summed E-state index contributed by atoms with van der Waals surface area (Å²) in [5.74, 6) is 1.42. The summed E-state index contributed by atoms with van der Waals surface area (Å²) >= 11 is 0. The molecular weight excluding hydrogens is 150 g/mol. The molecule has 0 bridgehead atoms. The fourth-order valence-corrected chi connectivity index (χ4v) is 3.14. The minimum Gasteiger partial charge on any atom is -0.390 e. The van der Waals surface area contributed by atoms with E-state index in [1.807, 2.05) is 0 Å². The van der Waals surface area contributed by atoms with Crippen LogP contribution in [0.2, 0.25) is 0 Å². The molecule has 12 heavy (non-hydrogen) atoms. The number of hydrogen-bond acceptors (Lipinski definition) is 2. The molecule has 0 saturated heterocycles. The van der Waals surface area contributed by atoms with Crippen molar-refractivity contribution in [2.45, 2.75) is 44.1 Å². The molecule has 2 saturated carbocycles. The number of aliphatic hydroxyl groups is 1. The maximum Gasteiger partial charge on any atom is 0.0693 e. The monoisotopic (exact) mass is 169 g/mol. The van der Waals surface area contributed by atoms with Gasteiger partial charge in [-0.3, -0.25) is 0 Å². The fourth-order valence-electron chi connectivity index (χ4n) is 3.14. The van der Waals surface area contributed by atoms with Crippen molar-refractivity contribution in [1.82, 2.24) is 0 Å².